The average Bonchev–Trinajstić information content (AvgIpc) is 2.56. The van der Waals surface area contributed by atoms with Crippen LogP contribution in [-0.2, 0) is 0 Å². The van der Waals surface area contributed by atoms with Gasteiger partial charge in [-0.2, -0.15) is 0 Å². The van der Waals surface area contributed by atoms with E-state index in [0.29, 0.717) is 0 Å². The van der Waals surface area contributed by atoms with Gasteiger partial charge < -0.3 is 15.5 Å². The Hall–Kier alpha value is -0.770. The SMILES string of the molecule is CN(C)C(=O)NCCC1CCNC1. The number of rotatable bonds is 3. The fraction of sp³-hybridized carbons (Fsp3) is 0.889. The summed E-state index contributed by atoms with van der Waals surface area (Å²) in [6, 6.07) is 0.00551. The minimum Gasteiger partial charge on any atom is -0.338 e. The topological polar surface area (TPSA) is 44.4 Å². The number of amides is 2. The van der Waals surface area contributed by atoms with Gasteiger partial charge in [0.25, 0.3) is 0 Å². The second-order valence-electron chi connectivity index (χ2n) is 3.77. The fourth-order valence-corrected chi connectivity index (χ4v) is 1.50. The largest absolute Gasteiger partial charge is 0.338 e. The summed E-state index contributed by atoms with van der Waals surface area (Å²) in [5.74, 6) is 0.752. The molecule has 0 aromatic heterocycles. The molecule has 1 atom stereocenters. The minimum atomic E-state index is 0.00551. The van der Waals surface area contributed by atoms with E-state index in [1.807, 2.05) is 0 Å². The normalized spacial score (nSPS) is 21.5. The predicted molar refractivity (Wildman–Crippen MR) is 52.7 cm³/mol. The summed E-state index contributed by atoms with van der Waals surface area (Å²) in [5, 5.41) is 6.18. The molecule has 4 nitrogen and oxygen atoms in total. The van der Waals surface area contributed by atoms with Crippen LogP contribution in [0, 0.1) is 5.92 Å². The molecule has 76 valence electrons. The lowest BCUT2D eigenvalue weighted by Crippen LogP contribution is -2.35. The van der Waals surface area contributed by atoms with E-state index in [-0.39, 0.29) is 6.03 Å². The fourth-order valence-electron chi connectivity index (χ4n) is 1.50. The van der Waals surface area contributed by atoms with Gasteiger partial charge in [0.15, 0.2) is 0 Å². The number of hydrogen-bond acceptors (Lipinski definition) is 2. The summed E-state index contributed by atoms with van der Waals surface area (Å²) in [4.78, 5) is 12.7. The zero-order chi connectivity index (χ0) is 9.68. The van der Waals surface area contributed by atoms with E-state index in [0.717, 1.165) is 32.0 Å². The Balaban J connectivity index is 2.03. The van der Waals surface area contributed by atoms with E-state index >= 15 is 0 Å². The van der Waals surface area contributed by atoms with Crippen molar-refractivity contribution in [1.82, 2.24) is 15.5 Å². The molecule has 1 heterocycles. The van der Waals surface area contributed by atoms with Gasteiger partial charge >= 0.3 is 6.03 Å². The molecule has 0 spiro atoms. The van der Waals surface area contributed by atoms with Crippen LogP contribution in [-0.4, -0.2) is 44.7 Å². The molecule has 13 heavy (non-hydrogen) atoms. The van der Waals surface area contributed by atoms with Crippen LogP contribution >= 0.6 is 0 Å². The van der Waals surface area contributed by atoms with Crippen molar-refractivity contribution in [1.29, 1.82) is 0 Å². The van der Waals surface area contributed by atoms with Crippen molar-refractivity contribution in [2.75, 3.05) is 33.7 Å². The second-order valence-corrected chi connectivity index (χ2v) is 3.77. The highest BCUT2D eigenvalue weighted by atomic mass is 16.2. The molecule has 1 fully saturated rings. The molecule has 0 aromatic rings. The summed E-state index contributed by atoms with van der Waals surface area (Å²) < 4.78 is 0. The number of urea groups is 1. The monoisotopic (exact) mass is 185 g/mol. The molecule has 0 saturated carbocycles. The number of carbonyl (C=O) groups excluding carboxylic acids is 1. The van der Waals surface area contributed by atoms with Crippen molar-refractivity contribution >= 4 is 6.03 Å². The van der Waals surface area contributed by atoms with E-state index in [2.05, 4.69) is 10.6 Å². The van der Waals surface area contributed by atoms with Gasteiger partial charge in [0, 0.05) is 20.6 Å². The first-order valence-corrected chi connectivity index (χ1v) is 4.86. The maximum Gasteiger partial charge on any atom is 0.316 e. The van der Waals surface area contributed by atoms with Gasteiger partial charge in [-0.15, -0.1) is 0 Å². The van der Waals surface area contributed by atoms with Gasteiger partial charge in [-0.3, -0.25) is 0 Å². The van der Waals surface area contributed by atoms with Crippen LogP contribution < -0.4 is 10.6 Å². The van der Waals surface area contributed by atoms with E-state index in [9.17, 15) is 4.79 Å². The summed E-state index contributed by atoms with van der Waals surface area (Å²) in [6.45, 7) is 3.04. The Morgan fingerprint density at radius 2 is 2.38 bits per heavy atom. The van der Waals surface area contributed by atoms with Gasteiger partial charge in [-0.05, 0) is 31.8 Å². The van der Waals surface area contributed by atoms with Gasteiger partial charge in [0.1, 0.15) is 0 Å². The van der Waals surface area contributed by atoms with Crippen molar-refractivity contribution in [3.63, 3.8) is 0 Å². The average molecular weight is 185 g/mol. The molecule has 4 heteroatoms. The number of hydrogen-bond donors (Lipinski definition) is 2. The lowest BCUT2D eigenvalue weighted by molar-refractivity contribution is 0.216. The Bertz CT molecular complexity index is 164. The molecule has 2 N–H and O–H groups in total. The highest BCUT2D eigenvalue weighted by molar-refractivity contribution is 5.73. The summed E-state index contributed by atoms with van der Waals surface area (Å²) in [5.41, 5.74) is 0. The Kier molecular flexibility index (Phi) is 4.02. The van der Waals surface area contributed by atoms with Crippen LogP contribution in [0.4, 0.5) is 4.79 Å². The molecule has 1 aliphatic heterocycles. The number of carbonyl (C=O) groups is 1. The van der Waals surface area contributed by atoms with Crippen molar-refractivity contribution in [2.24, 2.45) is 5.92 Å². The predicted octanol–water partition coefficient (Wildman–Crippen LogP) is 0.257. The van der Waals surface area contributed by atoms with Crippen molar-refractivity contribution in [2.45, 2.75) is 12.8 Å². The molecule has 1 aliphatic rings. The first-order valence-electron chi connectivity index (χ1n) is 4.86. The van der Waals surface area contributed by atoms with E-state index < -0.39 is 0 Å². The van der Waals surface area contributed by atoms with Crippen molar-refractivity contribution in [3.05, 3.63) is 0 Å². The van der Waals surface area contributed by atoms with Gasteiger partial charge in [0.2, 0.25) is 0 Å². The zero-order valence-corrected chi connectivity index (χ0v) is 8.47. The lowest BCUT2D eigenvalue weighted by atomic mass is 10.1. The summed E-state index contributed by atoms with van der Waals surface area (Å²) in [7, 11) is 3.51. The third kappa shape index (κ3) is 3.63. The summed E-state index contributed by atoms with van der Waals surface area (Å²) in [6.07, 6.45) is 2.34. The first-order chi connectivity index (χ1) is 6.20. The maximum atomic E-state index is 11.1. The molecular formula is C9H19N3O. The maximum absolute atomic E-state index is 11.1. The molecule has 1 unspecified atom stereocenters. The van der Waals surface area contributed by atoms with Crippen LogP contribution in [0.5, 0.6) is 0 Å². The smallest absolute Gasteiger partial charge is 0.316 e. The van der Waals surface area contributed by atoms with Crippen LogP contribution in [0.25, 0.3) is 0 Å². The van der Waals surface area contributed by atoms with Gasteiger partial charge in [0.05, 0.1) is 0 Å². The summed E-state index contributed by atoms with van der Waals surface area (Å²) >= 11 is 0. The lowest BCUT2D eigenvalue weighted by Gasteiger charge is -2.13. The third-order valence-electron chi connectivity index (χ3n) is 2.40. The molecule has 0 aromatic carbocycles. The van der Waals surface area contributed by atoms with Crippen LogP contribution in [0.2, 0.25) is 0 Å². The Morgan fingerprint density at radius 1 is 1.62 bits per heavy atom. The number of nitrogens with zero attached hydrogens (tertiary/aromatic N) is 1. The first kappa shape index (κ1) is 10.3. The molecule has 0 bridgehead atoms. The third-order valence-corrected chi connectivity index (χ3v) is 2.40. The van der Waals surface area contributed by atoms with E-state index in [1.54, 1.807) is 19.0 Å². The van der Waals surface area contributed by atoms with Crippen LogP contribution in [0.1, 0.15) is 12.8 Å². The second kappa shape index (κ2) is 5.07. The molecule has 0 aliphatic carbocycles. The molecule has 0 radical (unpaired) electrons. The van der Waals surface area contributed by atoms with Gasteiger partial charge in [-0.1, -0.05) is 0 Å². The standard InChI is InChI=1S/C9H19N3O/c1-12(2)9(13)11-6-4-8-3-5-10-7-8/h8,10H,3-7H2,1-2H3,(H,11,13). The Labute approximate surface area is 79.7 Å². The van der Waals surface area contributed by atoms with Crippen molar-refractivity contribution in [3.8, 4) is 0 Å². The van der Waals surface area contributed by atoms with E-state index in [1.165, 1.54) is 6.42 Å². The molecule has 1 saturated heterocycles. The van der Waals surface area contributed by atoms with E-state index in [4.69, 9.17) is 0 Å². The highest BCUT2D eigenvalue weighted by Crippen LogP contribution is 2.10. The quantitative estimate of drug-likeness (QED) is 0.662. The zero-order valence-electron chi connectivity index (χ0n) is 8.47. The van der Waals surface area contributed by atoms with Crippen LogP contribution in [0.3, 0.4) is 0 Å². The van der Waals surface area contributed by atoms with Gasteiger partial charge in [-0.25, -0.2) is 4.79 Å². The van der Waals surface area contributed by atoms with Crippen LogP contribution in [0.15, 0.2) is 0 Å². The Morgan fingerprint density at radius 3 is 2.92 bits per heavy atom. The molecular weight excluding hydrogens is 166 g/mol. The van der Waals surface area contributed by atoms with Crippen molar-refractivity contribution < 1.29 is 4.79 Å². The molecule has 2 amide bonds. The number of nitrogens with one attached hydrogen (secondary N) is 2. The minimum absolute atomic E-state index is 0.00551. The highest BCUT2D eigenvalue weighted by Gasteiger charge is 2.14. The molecule has 1 rings (SSSR count).